The van der Waals surface area contributed by atoms with Crippen molar-refractivity contribution in [3.63, 3.8) is 0 Å². The molecule has 1 aromatic carbocycles. The van der Waals surface area contributed by atoms with E-state index in [-0.39, 0.29) is 18.5 Å². The van der Waals surface area contributed by atoms with E-state index in [0.717, 1.165) is 36.9 Å². The van der Waals surface area contributed by atoms with Gasteiger partial charge < -0.3 is 15.2 Å². The minimum atomic E-state index is -0.404. The lowest BCUT2D eigenvalue weighted by Crippen LogP contribution is -2.49. The van der Waals surface area contributed by atoms with Crippen molar-refractivity contribution in [2.45, 2.75) is 51.2 Å². The number of aliphatic hydroxyl groups excluding tert-OH is 1. The van der Waals surface area contributed by atoms with Crippen molar-refractivity contribution in [2.24, 2.45) is 0 Å². The number of rotatable bonds is 5. The summed E-state index contributed by atoms with van der Waals surface area (Å²) in [6, 6.07) is 4.89. The molecule has 0 aliphatic carbocycles. The van der Waals surface area contributed by atoms with Crippen LogP contribution in [0.3, 0.4) is 0 Å². The molecule has 2 N–H and O–H groups in total. The van der Waals surface area contributed by atoms with E-state index >= 15 is 0 Å². The van der Waals surface area contributed by atoms with Gasteiger partial charge >= 0.3 is 0 Å². The fourth-order valence-electron chi connectivity index (χ4n) is 2.94. The average Bonchev–Trinajstić information content (AvgIpc) is 2.38. The number of benzene rings is 1. The van der Waals surface area contributed by atoms with Gasteiger partial charge in [-0.05, 0) is 49.9 Å². The van der Waals surface area contributed by atoms with E-state index in [1.54, 1.807) is 0 Å². The number of hydrogen-bond acceptors (Lipinski definition) is 3. The zero-order valence-electron chi connectivity index (χ0n) is 12.3. The molecule has 2 atom stereocenters. The summed E-state index contributed by atoms with van der Waals surface area (Å²) in [5, 5.41) is 13.2. The van der Waals surface area contributed by atoms with E-state index in [2.05, 4.69) is 12.2 Å². The highest BCUT2D eigenvalue weighted by molar-refractivity contribution is 5.48. The molecule has 1 aliphatic heterocycles. The molecular weight excluding hydrogens is 257 g/mol. The second-order valence-corrected chi connectivity index (χ2v) is 5.82. The highest BCUT2D eigenvalue weighted by atomic mass is 19.1. The smallest absolute Gasteiger partial charge is 0.125 e. The highest BCUT2D eigenvalue weighted by Crippen LogP contribution is 2.31. The Kier molecular flexibility index (Phi) is 5.00. The van der Waals surface area contributed by atoms with Crippen molar-refractivity contribution in [3.8, 4) is 0 Å². The molecule has 1 fully saturated rings. The first-order valence-corrected chi connectivity index (χ1v) is 7.35. The molecule has 2 rings (SSSR count). The highest BCUT2D eigenvalue weighted by Gasteiger charge is 2.36. The molecule has 20 heavy (non-hydrogen) atoms. The normalized spacial score (nSPS) is 26.5. The molecule has 0 aromatic heterocycles. The molecule has 4 heteroatoms. The van der Waals surface area contributed by atoms with Crippen LogP contribution in [0.4, 0.5) is 10.1 Å². The van der Waals surface area contributed by atoms with Crippen LogP contribution in [-0.4, -0.2) is 30.0 Å². The maximum absolute atomic E-state index is 13.5. The number of aryl methyl sites for hydroxylation is 1. The third kappa shape index (κ3) is 3.70. The van der Waals surface area contributed by atoms with Crippen LogP contribution >= 0.6 is 0 Å². The molecular formula is C16H24FNO2. The Bertz CT molecular complexity index is 430. The number of hydrogen-bond donors (Lipinski definition) is 2. The van der Waals surface area contributed by atoms with E-state index in [0.29, 0.717) is 6.61 Å². The van der Waals surface area contributed by atoms with Crippen molar-refractivity contribution < 1.29 is 14.2 Å². The Morgan fingerprint density at radius 2 is 2.25 bits per heavy atom. The van der Waals surface area contributed by atoms with Gasteiger partial charge in [0.05, 0.1) is 18.2 Å². The van der Waals surface area contributed by atoms with Gasteiger partial charge in [-0.25, -0.2) is 4.39 Å². The summed E-state index contributed by atoms with van der Waals surface area (Å²) < 4.78 is 19.2. The monoisotopic (exact) mass is 281 g/mol. The van der Waals surface area contributed by atoms with Gasteiger partial charge in [-0.3, -0.25) is 0 Å². The Morgan fingerprint density at radius 1 is 1.45 bits per heavy atom. The minimum Gasteiger partial charge on any atom is -0.394 e. The molecule has 1 aliphatic rings. The summed E-state index contributed by atoms with van der Waals surface area (Å²) >= 11 is 0. The molecule has 1 saturated heterocycles. The Hall–Kier alpha value is -1.13. The third-order valence-electron chi connectivity index (χ3n) is 3.92. The van der Waals surface area contributed by atoms with Crippen LogP contribution in [0.2, 0.25) is 0 Å². The van der Waals surface area contributed by atoms with Crippen molar-refractivity contribution >= 4 is 5.69 Å². The average molecular weight is 281 g/mol. The maximum atomic E-state index is 13.5. The van der Waals surface area contributed by atoms with Crippen LogP contribution in [0.15, 0.2) is 18.2 Å². The zero-order chi connectivity index (χ0) is 14.6. The summed E-state index contributed by atoms with van der Waals surface area (Å²) in [6.07, 6.45) is 3.71. The van der Waals surface area contributed by atoms with Crippen LogP contribution in [-0.2, 0) is 4.74 Å². The van der Waals surface area contributed by atoms with E-state index in [1.807, 2.05) is 13.0 Å². The third-order valence-corrected chi connectivity index (χ3v) is 3.92. The number of ether oxygens (including phenoxy) is 1. The van der Waals surface area contributed by atoms with Gasteiger partial charge in [-0.1, -0.05) is 13.3 Å². The minimum absolute atomic E-state index is 0.0339. The maximum Gasteiger partial charge on any atom is 0.125 e. The van der Waals surface area contributed by atoms with Crippen LogP contribution < -0.4 is 5.32 Å². The zero-order valence-corrected chi connectivity index (χ0v) is 12.3. The number of nitrogens with one attached hydrogen (secondary N) is 1. The Labute approximate surface area is 120 Å². The molecule has 1 heterocycles. The molecule has 1 aromatic rings. The lowest BCUT2D eigenvalue weighted by Gasteiger charge is -2.41. The summed E-state index contributed by atoms with van der Waals surface area (Å²) in [6.45, 7) is 4.66. The summed E-state index contributed by atoms with van der Waals surface area (Å²) in [5.41, 5.74) is 1.20. The van der Waals surface area contributed by atoms with Crippen LogP contribution in [0.25, 0.3) is 0 Å². The van der Waals surface area contributed by atoms with E-state index in [4.69, 9.17) is 4.74 Å². The van der Waals surface area contributed by atoms with Gasteiger partial charge in [0, 0.05) is 12.3 Å². The van der Waals surface area contributed by atoms with Crippen LogP contribution in [0, 0.1) is 12.7 Å². The topological polar surface area (TPSA) is 41.5 Å². The van der Waals surface area contributed by atoms with Crippen molar-refractivity contribution in [1.29, 1.82) is 0 Å². The van der Waals surface area contributed by atoms with E-state index < -0.39 is 5.54 Å². The van der Waals surface area contributed by atoms with Crippen molar-refractivity contribution in [1.82, 2.24) is 0 Å². The second-order valence-electron chi connectivity index (χ2n) is 5.82. The fraction of sp³-hybridized carbons (Fsp3) is 0.625. The Balaban J connectivity index is 2.14. The first kappa shape index (κ1) is 15.3. The first-order chi connectivity index (χ1) is 9.57. The van der Waals surface area contributed by atoms with Crippen LogP contribution in [0.1, 0.15) is 38.2 Å². The van der Waals surface area contributed by atoms with Gasteiger partial charge in [0.1, 0.15) is 5.82 Å². The molecule has 0 saturated carbocycles. The summed E-state index contributed by atoms with van der Waals surface area (Å²) in [7, 11) is 0. The van der Waals surface area contributed by atoms with Crippen LogP contribution in [0.5, 0.6) is 0 Å². The lowest BCUT2D eigenvalue weighted by molar-refractivity contribution is -0.0299. The number of anilines is 1. The summed E-state index contributed by atoms with van der Waals surface area (Å²) in [5.74, 6) is -0.252. The van der Waals surface area contributed by atoms with E-state index in [1.165, 1.54) is 12.1 Å². The predicted molar refractivity (Wildman–Crippen MR) is 78.5 cm³/mol. The molecule has 0 bridgehead atoms. The molecule has 2 unspecified atom stereocenters. The SMILES string of the molecule is CCCC1CC(CO)(Nc2cc(C)cc(F)c2)CCO1. The first-order valence-electron chi connectivity index (χ1n) is 7.35. The lowest BCUT2D eigenvalue weighted by atomic mass is 9.85. The van der Waals surface area contributed by atoms with Crippen molar-refractivity contribution in [2.75, 3.05) is 18.5 Å². The molecule has 112 valence electrons. The molecule has 3 nitrogen and oxygen atoms in total. The quantitative estimate of drug-likeness (QED) is 0.870. The number of aliphatic hydroxyl groups is 1. The predicted octanol–water partition coefficient (Wildman–Crippen LogP) is 3.26. The van der Waals surface area contributed by atoms with Gasteiger partial charge in [0.25, 0.3) is 0 Å². The van der Waals surface area contributed by atoms with Gasteiger partial charge in [-0.2, -0.15) is 0 Å². The van der Waals surface area contributed by atoms with Gasteiger partial charge in [0.15, 0.2) is 0 Å². The Morgan fingerprint density at radius 3 is 2.90 bits per heavy atom. The fourth-order valence-corrected chi connectivity index (χ4v) is 2.94. The molecule has 0 spiro atoms. The van der Waals surface area contributed by atoms with Gasteiger partial charge in [-0.15, -0.1) is 0 Å². The molecule has 0 radical (unpaired) electrons. The largest absolute Gasteiger partial charge is 0.394 e. The summed E-state index contributed by atoms with van der Waals surface area (Å²) in [4.78, 5) is 0. The van der Waals surface area contributed by atoms with Crippen molar-refractivity contribution in [3.05, 3.63) is 29.6 Å². The standard InChI is InChI=1S/C16H24FNO2/c1-3-4-15-10-16(11-19,5-6-20-15)18-14-8-12(2)7-13(17)9-14/h7-9,15,18-19H,3-6,10-11H2,1-2H3. The van der Waals surface area contributed by atoms with Gasteiger partial charge in [0.2, 0.25) is 0 Å². The van der Waals surface area contributed by atoms with E-state index in [9.17, 15) is 9.50 Å². The second kappa shape index (κ2) is 6.55. The molecule has 0 amide bonds. The number of halogens is 1.